The molecule has 2 aliphatic carbocycles. The zero-order valence-electron chi connectivity index (χ0n) is 9.04. The summed E-state index contributed by atoms with van der Waals surface area (Å²) in [7, 11) is 0. The molecule has 1 aliphatic heterocycles. The highest BCUT2D eigenvalue weighted by Crippen LogP contribution is 2.45. The summed E-state index contributed by atoms with van der Waals surface area (Å²) in [6.45, 7) is 2.68. The van der Waals surface area contributed by atoms with Crippen molar-refractivity contribution in [3.63, 3.8) is 0 Å². The summed E-state index contributed by atoms with van der Waals surface area (Å²) in [6.07, 6.45) is 12.8. The molecule has 2 atom stereocenters. The summed E-state index contributed by atoms with van der Waals surface area (Å²) < 4.78 is 0. The smallest absolute Gasteiger partial charge is 0.0174 e. The molecule has 0 amide bonds. The molecular weight excluding hydrogens is 170 g/mol. The maximum absolute atomic E-state index is 2.71. The van der Waals surface area contributed by atoms with E-state index in [9.17, 15) is 0 Å². The molecular formula is C13H21N. The van der Waals surface area contributed by atoms with Crippen molar-refractivity contribution in [1.82, 2.24) is 4.90 Å². The molecule has 0 spiro atoms. The minimum atomic E-state index is 0.957. The first-order valence-electron chi connectivity index (χ1n) is 6.40. The van der Waals surface area contributed by atoms with Gasteiger partial charge in [-0.25, -0.2) is 0 Å². The average molecular weight is 191 g/mol. The predicted molar refractivity (Wildman–Crippen MR) is 59.0 cm³/mol. The van der Waals surface area contributed by atoms with Crippen molar-refractivity contribution in [3.05, 3.63) is 11.8 Å². The highest BCUT2D eigenvalue weighted by atomic mass is 15.1. The van der Waals surface area contributed by atoms with Crippen molar-refractivity contribution in [2.45, 2.75) is 44.9 Å². The molecule has 0 N–H and O–H groups in total. The molecule has 3 aliphatic rings. The molecule has 1 nitrogen and oxygen atoms in total. The summed E-state index contributed by atoms with van der Waals surface area (Å²) in [5.74, 6) is 1.91. The number of allylic oxidation sites excluding steroid dienone is 2. The Hall–Kier alpha value is -0.460. The van der Waals surface area contributed by atoms with Gasteiger partial charge in [0, 0.05) is 18.8 Å². The number of fused-ring (bicyclic) bond motifs is 2. The lowest BCUT2D eigenvalue weighted by Crippen LogP contribution is -2.26. The highest BCUT2D eigenvalue weighted by Gasteiger charge is 2.35. The van der Waals surface area contributed by atoms with Crippen molar-refractivity contribution in [3.8, 4) is 0 Å². The minimum absolute atomic E-state index is 0.957. The molecule has 0 aromatic heterocycles. The standard InChI is InChI=1S/C13H21N/c1-2-4-8-14(7-3-1)13-10-11-5-6-12(13)9-11/h10-12H,1-9H2/t11-,12+/m1/s1. The van der Waals surface area contributed by atoms with Crippen LogP contribution in [0.15, 0.2) is 11.8 Å². The molecule has 78 valence electrons. The van der Waals surface area contributed by atoms with Crippen LogP contribution in [0.1, 0.15) is 44.9 Å². The van der Waals surface area contributed by atoms with Gasteiger partial charge in [0.2, 0.25) is 0 Å². The van der Waals surface area contributed by atoms with Crippen LogP contribution in [0.4, 0.5) is 0 Å². The van der Waals surface area contributed by atoms with Gasteiger partial charge >= 0.3 is 0 Å². The Labute approximate surface area is 87.2 Å². The van der Waals surface area contributed by atoms with Crippen molar-refractivity contribution < 1.29 is 0 Å². The number of nitrogens with zero attached hydrogens (tertiary/aromatic N) is 1. The van der Waals surface area contributed by atoms with E-state index in [1.807, 2.05) is 0 Å². The zero-order valence-corrected chi connectivity index (χ0v) is 9.04. The van der Waals surface area contributed by atoms with Crippen LogP contribution in [0.25, 0.3) is 0 Å². The normalized spacial score (nSPS) is 37.1. The Morgan fingerprint density at radius 3 is 2.36 bits per heavy atom. The molecule has 1 saturated heterocycles. The third-order valence-electron chi connectivity index (χ3n) is 4.27. The molecule has 2 fully saturated rings. The van der Waals surface area contributed by atoms with E-state index in [1.54, 1.807) is 5.70 Å². The predicted octanol–water partition coefficient (Wildman–Crippen LogP) is 3.18. The fraction of sp³-hybridized carbons (Fsp3) is 0.846. The molecule has 0 radical (unpaired) electrons. The van der Waals surface area contributed by atoms with Crippen LogP contribution in [0, 0.1) is 11.8 Å². The lowest BCUT2D eigenvalue weighted by molar-refractivity contribution is 0.317. The van der Waals surface area contributed by atoms with Crippen LogP contribution < -0.4 is 0 Å². The number of rotatable bonds is 1. The maximum Gasteiger partial charge on any atom is 0.0174 e. The second kappa shape index (κ2) is 3.60. The Bertz CT molecular complexity index is 236. The molecule has 0 aromatic rings. The largest absolute Gasteiger partial charge is 0.375 e. The minimum Gasteiger partial charge on any atom is -0.375 e. The van der Waals surface area contributed by atoms with Crippen LogP contribution in [-0.2, 0) is 0 Å². The molecule has 1 heterocycles. The Balaban J connectivity index is 1.72. The Morgan fingerprint density at radius 1 is 1.00 bits per heavy atom. The van der Waals surface area contributed by atoms with Crippen LogP contribution in [-0.4, -0.2) is 18.0 Å². The van der Waals surface area contributed by atoms with Crippen LogP contribution in [0.3, 0.4) is 0 Å². The molecule has 1 heteroatoms. The summed E-state index contributed by atoms with van der Waals surface area (Å²) in [5, 5.41) is 0. The van der Waals surface area contributed by atoms with Gasteiger partial charge < -0.3 is 4.90 Å². The Kier molecular flexibility index (Phi) is 2.27. The van der Waals surface area contributed by atoms with E-state index >= 15 is 0 Å². The van der Waals surface area contributed by atoms with E-state index in [0.717, 1.165) is 11.8 Å². The number of hydrogen-bond acceptors (Lipinski definition) is 1. The second-order valence-electron chi connectivity index (χ2n) is 5.26. The molecule has 1 saturated carbocycles. The molecule has 2 bridgehead atoms. The fourth-order valence-electron chi connectivity index (χ4n) is 3.51. The third kappa shape index (κ3) is 1.47. The van der Waals surface area contributed by atoms with E-state index in [1.165, 1.54) is 58.0 Å². The third-order valence-corrected chi connectivity index (χ3v) is 4.27. The number of hydrogen-bond donors (Lipinski definition) is 0. The van der Waals surface area contributed by atoms with Crippen molar-refractivity contribution in [1.29, 1.82) is 0 Å². The monoisotopic (exact) mass is 191 g/mol. The molecule has 0 unspecified atom stereocenters. The van der Waals surface area contributed by atoms with Crippen molar-refractivity contribution in [2.24, 2.45) is 11.8 Å². The lowest BCUT2D eigenvalue weighted by Gasteiger charge is -2.29. The van der Waals surface area contributed by atoms with Crippen LogP contribution in [0.2, 0.25) is 0 Å². The SMILES string of the molecule is C1=C(N2CCCCCC2)[C@H]2CC[C@@H]1C2. The maximum atomic E-state index is 2.71. The van der Waals surface area contributed by atoms with Gasteiger partial charge in [-0.1, -0.05) is 18.9 Å². The van der Waals surface area contributed by atoms with Gasteiger partial charge in [-0.05, 0) is 43.9 Å². The summed E-state index contributed by atoms with van der Waals surface area (Å²) >= 11 is 0. The van der Waals surface area contributed by atoms with Gasteiger partial charge in [0.25, 0.3) is 0 Å². The topological polar surface area (TPSA) is 3.24 Å². The van der Waals surface area contributed by atoms with Crippen LogP contribution >= 0.6 is 0 Å². The van der Waals surface area contributed by atoms with Gasteiger partial charge in [0.1, 0.15) is 0 Å². The quantitative estimate of drug-likeness (QED) is 0.615. The van der Waals surface area contributed by atoms with E-state index in [2.05, 4.69) is 11.0 Å². The summed E-state index contributed by atoms with van der Waals surface area (Å²) in [6, 6.07) is 0. The van der Waals surface area contributed by atoms with E-state index in [-0.39, 0.29) is 0 Å². The molecule has 3 rings (SSSR count). The lowest BCUT2D eigenvalue weighted by atomic mass is 10.0. The Morgan fingerprint density at radius 2 is 1.79 bits per heavy atom. The summed E-state index contributed by atoms with van der Waals surface area (Å²) in [4.78, 5) is 2.71. The van der Waals surface area contributed by atoms with E-state index < -0.39 is 0 Å². The first-order chi connectivity index (χ1) is 6.93. The number of likely N-dealkylation sites (tertiary alicyclic amines) is 1. The van der Waals surface area contributed by atoms with Crippen molar-refractivity contribution >= 4 is 0 Å². The zero-order chi connectivity index (χ0) is 9.38. The van der Waals surface area contributed by atoms with Gasteiger partial charge in [-0.15, -0.1) is 0 Å². The summed E-state index contributed by atoms with van der Waals surface area (Å²) in [5.41, 5.74) is 1.74. The van der Waals surface area contributed by atoms with Gasteiger partial charge in [-0.2, -0.15) is 0 Å². The van der Waals surface area contributed by atoms with E-state index in [0.29, 0.717) is 0 Å². The van der Waals surface area contributed by atoms with Gasteiger partial charge in [0.15, 0.2) is 0 Å². The highest BCUT2D eigenvalue weighted by molar-refractivity contribution is 5.18. The molecule has 0 aromatic carbocycles. The fourth-order valence-corrected chi connectivity index (χ4v) is 3.51. The first-order valence-corrected chi connectivity index (χ1v) is 6.40. The van der Waals surface area contributed by atoms with Crippen LogP contribution in [0.5, 0.6) is 0 Å². The molecule has 14 heavy (non-hydrogen) atoms. The van der Waals surface area contributed by atoms with Gasteiger partial charge in [-0.3, -0.25) is 0 Å². The van der Waals surface area contributed by atoms with Gasteiger partial charge in [0.05, 0.1) is 0 Å². The van der Waals surface area contributed by atoms with Crippen molar-refractivity contribution in [2.75, 3.05) is 13.1 Å². The second-order valence-corrected chi connectivity index (χ2v) is 5.26. The van der Waals surface area contributed by atoms with E-state index in [4.69, 9.17) is 0 Å². The first kappa shape index (κ1) is 8.82. The average Bonchev–Trinajstić information content (AvgIpc) is 2.72.